The van der Waals surface area contributed by atoms with Crippen LogP contribution < -0.4 is 10.1 Å². The number of hydrogen-bond acceptors (Lipinski definition) is 3. The van der Waals surface area contributed by atoms with E-state index in [1.807, 2.05) is 36.0 Å². The van der Waals surface area contributed by atoms with Crippen LogP contribution in [0.5, 0.6) is 5.75 Å². The number of imidazole rings is 1. The van der Waals surface area contributed by atoms with Gasteiger partial charge in [0.15, 0.2) is 0 Å². The van der Waals surface area contributed by atoms with Crippen molar-refractivity contribution in [1.29, 1.82) is 0 Å². The van der Waals surface area contributed by atoms with Crippen LogP contribution in [0.4, 0.5) is 0 Å². The van der Waals surface area contributed by atoms with E-state index >= 15 is 0 Å². The summed E-state index contributed by atoms with van der Waals surface area (Å²) in [6, 6.07) is 5.67. The highest BCUT2D eigenvalue weighted by Crippen LogP contribution is 2.22. The Kier molecular flexibility index (Phi) is 4.61. The third-order valence-electron chi connectivity index (χ3n) is 2.56. The first-order valence-corrected chi connectivity index (χ1v) is 6.19. The molecule has 96 valence electrons. The van der Waals surface area contributed by atoms with Gasteiger partial charge in [-0.25, -0.2) is 4.98 Å². The summed E-state index contributed by atoms with van der Waals surface area (Å²) in [6.07, 6.45) is 5.45. The van der Waals surface area contributed by atoms with Gasteiger partial charge in [-0.1, -0.05) is 11.6 Å². The molecule has 1 heterocycles. The van der Waals surface area contributed by atoms with Gasteiger partial charge in [0, 0.05) is 29.5 Å². The van der Waals surface area contributed by atoms with Gasteiger partial charge in [0.1, 0.15) is 12.4 Å². The predicted octanol–water partition coefficient (Wildman–Crippen LogP) is 2.33. The van der Waals surface area contributed by atoms with E-state index in [0.717, 1.165) is 29.4 Å². The molecule has 0 spiro atoms. The highest BCUT2D eigenvalue weighted by atomic mass is 35.5. The Morgan fingerprint density at radius 1 is 1.44 bits per heavy atom. The fourth-order valence-corrected chi connectivity index (χ4v) is 1.89. The van der Waals surface area contributed by atoms with Crippen LogP contribution in [0.25, 0.3) is 0 Å². The molecule has 2 aromatic rings. The molecule has 5 heteroatoms. The third-order valence-corrected chi connectivity index (χ3v) is 2.79. The highest BCUT2D eigenvalue weighted by Gasteiger charge is 2.04. The summed E-state index contributed by atoms with van der Waals surface area (Å²) in [5.74, 6) is 0.869. The van der Waals surface area contributed by atoms with E-state index in [2.05, 4.69) is 10.3 Å². The standard InChI is InChI=1S/C13H16ClN3O/c1-15-9-11-8-12(14)2-3-13(11)18-7-6-17-5-4-16-10-17/h2-5,8,10,15H,6-7,9H2,1H3. The van der Waals surface area contributed by atoms with Crippen LogP contribution in [0, 0.1) is 0 Å². The summed E-state index contributed by atoms with van der Waals surface area (Å²) in [7, 11) is 1.90. The lowest BCUT2D eigenvalue weighted by Crippen LogP contribution is -2.10. The van der Waals surface area contributed by atoms with E-state index in [1.165, 1.54) is 0 Å². The van der Waals surface area contributed by atoms with Gasteiger partial charge in [-0.15, -0.1) is 0 Å². The number of halogens is 1. The predicted molar refractivity (Wildman–Crippen MR) is 71.9 cm³/mol. The van der Waals surface area contributed by atoms with Crippen molar-refractivity contribution in [3.63, 3.8) is 0 Å². The molecule has 18 heavy (non-hydrogen) atoms. The van der Waals surface area contributed by atoms with E-state index in [0.29, 0.717) is 6.61 Å². The zero-order chi connectivity index (χ0) is 12.8. The van der Waals surface area contributed by atoms with Gasteiger partial charge >= 0.3 is 0 Å². The quantitative estimate of drug-likeness (QED) is 0.871. The number of aromatic nitrogens is 2. The molecule has 0 atom stereocenters. The molecule has 0 saturated heterocycles. The maximum atomic E-state index is 5.97. The molecule has 0 amide bonds. The second-order valence-corrected chi connectivity index (χ2v) is 4.37. The minimum absolute atomic E-state index is 0.606. The molecule has 2 rings (SSSR count). The van der Waals surface area contributed by atoms with Crippen molar-refractivity contribution in [2.45, 2.75) is 13.1 Å². The van der Waals surface area contributed by atoms with E-state index in [9.17, 15) is 0 Å². The highest BCUT2D eigenvalue weighted by molar-refractivity contribution is 6.30. The SMILES string of the molecule is CNCc1cc(Cl)ccc1OCCn1ccnc1. The van der Waals surface area contributed by atoms with Crippen LogP contribution in [0.2, 0.25) is 5.02 Å². The van der Waals surface area contributed by atoms with E-state index in [-0.39, 0.29) is 0 Å². The summed E-state index contributed by atoms with van der Waals surface area (Å²) < 4.78 is 7.75. The second kappa shape index (κ2) is 6.42. The van der Waals surface area contributed by atoms with Crippen LogP contribution >= 0.6 is 11.6 Å². The van der Waals surface area contributed by atoms with E-state index < -0.39 is 0 Å². The van der Waals surface area contributed by atoms with Gasteiger partial charge in [0.05, 0.1) is 12.9 Å². The van der Waals surface area contributed by atoms with Crippen LogP contribution in [-0.4, -0.2) is 23.2 Å². The smallest absolute Gasteiger partial charge is 0.123 e. The lowest BCUT2D eigenvalue weighted by Gasteiger charge is -2.12. The monoisotopic (exact) mass is 265 g/mol. The molecule has 0 unspecified atom stereocenters. The van der Waals surface area contributed by atoms with Crippen molar-refractivity contribution >= 4 is 11.6 Å². The number of rotatable bonds is 6. The lowest BCUT2D eigenvalue weighted by atomic mass is 10.2. The molecule has 0 aliphatic rings. The van der Waals surface area contributed by atoms with Gasteiger partial charge in [-0.2, -0.15) is 0 Å². The van der Waals surface area contributed by atoms with Crippen molar-refractivity contribution in [2.24, 2.45) is 0 Å². The Balaban J connectivity index is 1.95. The van der Waals surface area contributed by atoms with Gasteiger partial charge in [0.25, 0.3) is 0 Å². The number of nitrogens with zero attached hydrogens (tertiary/aromatic N) is 2. The van der Waals surface area contributed by atoms with Crippen LogP contribution in [0.3, 0.4) is 0 Å². The Morgan fingerprint density at radius 2 is 2.33 bits per heavy atom. The Hall–Kier alpha value is -1.52. The Labute approximate surface area is 112 Å². The van der Waals surface area contributed by atoms with Crippen LogP contribution in [0.15, 0.2) is 36.9 Å². The molecule has 0 aliphatic carbocycles. The minimum atomic E-state index is 0.606. The molecular formula is C13H16ClN3O. The van der Waals surface area contributed by atoms with Crippen molar-refractivity contribution in [1.82, 2.24) is 14.9 Å². The number of nitrogens with one attached hydrogen (secondary N) is 1. The Bertz CT molecular complexity index is 485. The summed E-state index contributed by atoms with van der Waals surface area (Å²) in [4.78, 5) is 3.99. The number of hydrogen-bond donors (Lipinski definition) is 1. The first-order chi connectivity index (χ1) is 8.79. The van der Waals surface area contributed by atoms with Crippen LogP contribution in [-0.2, 0) is 13.1 Å². The zero-order valence-electron chi connectivity index (χ0n) is 10.3. The molecule has 1 N–H and O–H groups in total. The Morgan fingerprint density at radius 3 is 3.06 bits per heavy atom. The van der Waals surface area contributed by atoms with Gasteiger partial charge in [-0.05, 0) is 25.2 Å². The summed E-state index contributed by atoms with van der Waals surface area (Å²) in [5.41, 5.74) is 1.07. The number of ether oxygens (including phenoxy) is 1. The van der Waals surface area contributed by atoms with Crippen molar-refractivity contribution in [2.75, 3.05) is 13.7 Å². The van der Waals surface area contributed by atoms with Gasteiger partial charge < -0.3 is 14.6 Å². The summed E-state index contributed by atoms with van der Waals surface area (Å²) in [6.45, 7) is 2.12. The summed E-state index contributed by atoms with van der Waals surface area (Å²) >= 11 is 5.97. The van der Waals surface area contributed by atoms with E-state index in [1.54, 1.807) is 12.5 Å². The fourth-order valence-electron chi connectivity index (χ4n) is 1.70. The first-order valence-electron chi connectivity index (χ1n) is 5.81. The third kappa shape index (κ3) is 3.48. The lowest BCUT2D eigenvalue weighted by molar-refractivity contribution is 0.295. The summed E-state index contributed by atoms with van der Waals surface area (Å²) in [5, 5.41) is 3.83. The van der Waals surface area contributed by atoms with E-state index in [4.69, 9.17) is 16.3 Å². The van der Waals surface area contributed by atoms with Gasteiger partial charge in [0.2, 0.25) is 0 Å². The minimum Gasteiger partial charge on any atom is -0.491 e. The maximum Gasteiger partial charge on any atom is 0.123 e. The zero-order valence-corrected chi connectivity index (χ0v) is 11.0. The van der Waals surface area contributed by atoms with Crippen molar-refractivity contribution in [3.8, 4) is 5.75 Å². The number of benzene rings is 1. The molecule has 0 bridgehead atoms. The first kappa shape index (κ1) is 12.9. The second-order valence-electron chi connectivity index (χ2n) is 3.93. The molecule has 1 aromatic heterocycles. The van der Waals surface area contributed by atoms with Crippen LogP contribution in [0.1, 0.15) is 5.56 Å². The maximum absolute atomic E-state index is 5.97. The van der Waals surface area contributed by atoms with Crippen molar-refractivity contribution in [3.05, 3.63) is 47.5 Å². The van der Waals surface area contributed by atoms with Gasteiger partial charge in [-0.3, -0.25) is 0 Å². The molecule has 4 nitrogen and oxygen atoms in total. The molecule has 0 fully saturated rings. The molecular weight excluding hydrogens is 250 g/mol. The molecule has 0 aliphatic heterocycles. The average molecular weight is 266 g/mol. The molecule has 1 aromatic carbocycles. The topological polar surface area (TPSA) is 39.1 Å². The largest absolute Gasteiger partial charge is 0.491 e. The fraction of sp³-hybridized carbons (Fsp3) is 0.308. The van der Waals surface area contributed by atoms with Crippen molar-refractivity contribution < 1.29 is 4.74 Å². The molecule has 0 saturated carbocycles. The molecule has 0 radical (unpaired) electrons. The average Bonchev–Trinajstić information content (AvgIpc) is 2.85. The normalized spacial score (nSPS) is 10.6.